The summed E-state index contributed by atoms with van der Waals surface area (Å²) in [5.74, 6) is 0. The van der Waals surface area contributed by atoms with E-state index in [0.717, 1.165) is 0 Å². The third-order valence-corrected chi connectivity index (χ3v) is 6.14. The summed E-state index contributed by atoms with van der Waals surface area (Å²) in [4.78, 5) is 0. The average Bonchev–Trinajstić information content (AvgIpc) is 2.80. The first-order valence-corrected chi connectivity index (χ1v) is 10.5. The Hall–Kier alpha value is -0.600. The fourth-order valence-electron chi connectivity index (χ4n) is 4.02. The van der Waals surface area contributed by atoms with E-state index >= 15 is 0 Å². The molecular weight excluding hydrogens is 454 g/mol. The molecule has 0 aromatic heterocycles. The lowest BCUT2D eigenvalue weighted by Crippen LogP contribution is -2.67. The Morgan fingerprint density at radius 1 is 0.636 bits per heavy atom. The molecule has 15 atom stereocenters. The number of nitrogens with two attached hydrogens (primary N) is 1. The second-order valence-electron chi connectivity index (χ2n) is 8.41. The van der Waals surface area contributed by atoms with Gasteiger partial charge >= 0.3 is 0 Å². The van der Waals surface area contributed by atoms with Gasteiger partial charge in [-0.3, -0.25) is 0 Å². The van der Waals surface area contributed by atoms with Crippen LogP contribution in [-0.2, 0) is 23.7 Å². The Balaban J connectivity index is 1.83. The molecule has 0 spiro atoms. The third-order valence-electron chi connectivity index (χ3n) is 6.14. The Morgan fingerprint density at radius 2 is 1.24 bits per heavy atom. The van der Waals surface area contributed by atoms with Gasteiger partial charge < -0.3 is 75.4 Å². The number of aliphatic hydroxyl groups is 9. The van der Waals surface area contributed by atoms with Crippen molar-refractivity contribution in [3.63, 3.8) is 0 Å². The average molecular weight is 487 g/mol. The van der Waals surface area contributed by atoms with Crippen molar-refractivity contribution in [2.75, 3.05) is 13.2 Å². The second kappa shape index (κ2) is 11.0. The summed E-state index contributed by atoms with van der Waals surface area (Å²) in [5, 5.41) is 90.3. The molecule has 3 aliphatic rings. The van der Waals surface area contributed by atoms with Crippen molar-refractivity contribution in [3.8, 4) is 0 Å². The SMILES string of the molecule is C[C@@H]1O[C@@H](O[C@H]2[C@H](O[C@H]3[C@H](O)[C@@H](N)C(O)O[C@@H]3CO)O[C@H](CO)[C@H](O)[C@@H]2O)[C@@H](O)[C@H](O)[C@@H]1O. The lowest BCUT2D eigenvalue weighted by molar-refractivity contribution is -0.381. The largest absolute Gasteiger partial charge is 0.394 e. The van der Waals surface area contributed by atoms with E-state index in [9.17, 15) is 46.0 Å². The summed E-state index contributed by atoms with van der Waals surface area (Å²) in [6, 6.07) is -1.33. The molecule has 194 valence electrons. The molecule has 0 radical (unpaired) electrons. The minimum Gasteiger partial charge on any atom is -0.394 e. The predicted molar refractivity (Wildman–Crippen MR) is 102 cm³/mol. The van der Waals surface area contributed by atoms with Crippen molar-refractivity contribution in [1.29, 1.82) is 0 Å². The zero-order valence-corrected chi connectivity index (χ0v) is 17.7. The molecule has 3 aliphatic heterocycles. The maximum absolute atomic E-state index is 10.6. The van der Waals surface area contributed by atoms with Crippen molar-refractivity contribution in [2.24, 2.45) is 5.73 Å². The van der Waals surface area contributed by atoms with Crippen molar-refractivity contribution in [3.05, 3.63) is 0 Å². The number of ether oxygens (including phenoxy) is 5. The van der Waals surface area contributed by atoms with Crippen molar-refractivity contribution >= 4 is 0 Å². The van der Waals surface area contributed by atoms with E-state index in [-0.39, 0.29) is 0 Å². The lowest BCUT2D eigenvalue weighted by Gasteiger charge is -2.48. The van der Waals surface area contributed by atoms with Gasteiger partial charge in [0.2, 0.25) is 0 Å². The molecule has 0 amide bonds. The van der Waals surface area contributed by atoms with Crippen LogP contribution in [0.3, 0.4) is 0 Å². The maximum atomic E-state index is 10.6. The van der Waals surface area contributed by atoms with E-state index in [1.807, 2.05) is 0 Å². The van der Waals surface area contributed by atoms with E-state index in [1.54, 1.807) is 0 Å². The molecule has 3 rings (SSSR count). The van der Waals surface area contributed by atoms with Crippen molar-refractivity contribution < 1.29 is 69.6 Å². The molecule has 15 nitrogen and oxygen atoms in total. The van der Waals surface area contributed by atoms with Gasteiger partial charge in [0.15, 0.2) is 18.9 Å². The first kappa shape index (κ1) is 27.0. The Kier molecular flexibility index (Phi) is 8.99. The third kappa shape index (κ3) is 5.32. The van der Waals surface area contributed by atoms with Gasteiger partial charge in [-0.1, -0.05) is 0 Å². The molecule has 0 aromatic carbocycles. The van der Waals surface area contributed by atoms with Crippen molar-refractivity contribution in [2.45, 2.75) is 99.0 Å². The zero-order chi connectivity index (χ0) is 24.6. The molecule has 3 fully saturated rings. The maximum Gasteiger partial charge on any atom is 0.187 e. The van der Waals surface area contributed by atoms with Crippen LogP contribution in [0.25, 0.3) is 0 Å². The smallest absolute Gasteiger partial charge is 0.187 e. The highest BCUT2D eigenvalue weighted by atomic mass is 16.8. The summed E-state index contributed by atoms with van der Waals surface area (Å²) in [7, 11) is 0. The number of aliphatic hydroxyl groups excluding tert-OH is 9. The van der Waals surface area contributed by atoms with Gasteiger partial charge in [0.25, 0.3) is 0 Å². The van der Waals surface area contributed by atoms with Crippen LogP contribution >= 0.6 is 0 Å². The van der Waals surface area contributed by atoms with Crippen LogP contribution in [0.15, 0.2) is 0 Å². The summed E-state index contributed by atoms with van der Waals surface area (Å²) < 4.78 is 27.2. The minimum absolute atomic E-state index is 0.704. The molecule has 3 heterocycles. The molecule has 0 aliphatic carbocycles. The van der Waals surface area contributed by atoms with Gasteiger partial charge in [0, 0.05) is 0 Å². The molecule has 0 saturated carbocycles. The molecule has 0 aromatic rings. The first-order valence-electron chi connectivity index (χ1n) is 10.5. The van der Waals surface area contributed by atoms with Crippen LogP contribution in [-0.4, -0.2) is 151 Å². The highest BCUT2D eigenvalue weighted by Crippen LogP contribution is 2.32. The standard InChI is InChI=1S/C18H33NO14/c1-4-8(22)11(25)13(27)17(29-4)33-15-12(26)9(23)5(2-20)31-18(15)32-14-6(3-21)30-16(28)7(19)10(14)24/h4-18,20-28H,2-3,19H2,1H3/t4-,5+,6+,7+,8+,9-,10+,11+,12-,13-,14+,15+,16?,17-,18-/m0/s1. The first-order chi connectivity index (χ1) is 15.5. The van der Waals surface area contributed by atoms with Crippen LogP contribution in [0.2, 0.25) is 0 Å². The van der Waals surface area contributed by atoms with Crippen LogP contribution in [0.4, 0.5) is 0 Å². The fourth-order valence-corrected chi connectivity index (χ4v) is 4.02. The predicted octanol–water partition coefficient (Wildman–Crippen LogP) is -6.58. The zero-order valence-electron chi connectivity index (χ0n) is 17.7. The van der Waals surface area contributed by atoms with E-state index in [0.29, 0.717) is 0 Å². The Morgan fingerprint density at radius 3 is 1.85 bits per heavy atom. The highest BCUT2D eigenvalue weighted by molar-refractivity contribution is 4.96. The number of hydrogen-bond donors (Lipinski definition) is 10. The van der Waals surface area contributed by atoms with Crippen LogP contribution < -0.4 is 5.73 Å². The van der Waals surface area contributed by atoms with Gasteiger partial charge in [-0.15, -0.1) is 0 Å². The van der Waals surface area contributed by atoms with Crippen LogP contribution in [0.1, 0.15) is 6.92 Å². The van der Waals surface area contributed by atoms with E-state index in [2.05, 4.69) is 0 Å². The van der Waals surface area contributed by atoms with Gasteiger partial charge in [-0.25, -0.2) is 0 Å². The Labute approximate surface area is 188 Å². The van der Waals surface area contributed by atoms with E-state index < -0.39 is 105 Å². The highest BCUT2D eigenvalue weighted by Gasteiger charge is 2.53. The summed E-state index contributed by atoms with van der Waals surface area (Å²) in [6.07, 6.45) is -21.3. The molecule has 0 bridgehead atoms. The quantitative estimate of drug-likeness (QED) is 0.167. The fraction of sp³-hybridized carbons (Fsp3) is 1.00. The van der Waals surface area contributed by atoms with Gasteiger partial charge in [0.05, 0.1) is 25.4 Å². The number of rotatable bonds is 6. The van der Waals surface area contributed by atoms with Gasteiger partial charge in [-0.2, -0.15) is 0 Å². The topological polar surface area (TPSA) is 254 Å². The van der Waals surface area contributed by atoms with Crippen LogP contribution in [0.5, 0.6) is 0 Å². The summed E-state index contributed by atoms with van der Waals surface area (Å²) in [5.41, 5.74) is 5.69. The molecule has 15 heteroatoms. The molecule has 11 N–H and O–H groups in total. The van der Waals surface area contributed by atoms with Gasteiger partial charge in [0.1, 0.15) is 61.0 Å². The van der Waals surface area contributed by atoms with E-state index in [1.165, 1.54) is 6.92 Å². The second-order valence-corrected chi connectivity index (χ2v) is 8.41. The van der Waals surface area contributed by atoms with Crippen LogP contribution in [0, 0.1) is 0 Å². The van der Waals surface area contributed by atoms with E-state index in [4.69, 9.17) is 29.4 Å². The lowest BCUT2D eigenvalue weighted by atomic mass is 9.95. The Bertz CT molecular complexity index is 629. The molecule has 1 unspecified atom stereocenters. The molecule has 33 heavy (non-hydrogen) atoms. The number of hydrogen-bond acceptors (Lipinski definition) is 15. The van der Waals surface area contributed by atoms with Gasteiger partial charge in [-0.05, 0) is 6.92 Å². The molecule has 3 saturated heterocycles. The normalized spacial score (nSPS) is 53.7. The van der Waals surface area contributed by atoms with Crippen molar-refractivity contribution in [1.82, 2.24) is 0 Å². The summed E-state index contributed by atoms with van der Waals surface area (Å²) >= 11 is 0. The molecular formula is C18H33NO14. The minimum atomic E-state index is -1.77. The monoisotopic (exact) mass is 487 g/mol. The summed E-state index contributed by atoms with van der Waals surface area (Å²) in [6.45, 7) is -0.0338.